The van der Waals surface area contributed by atoms with Gasteiger partial charge in [0.15, 0.2) is 0 Å². The Morgan fingerprint density at radius 2 is 2.17 bits per heavy atom. The third kappa shape index (κ3) is 3.03. The van der Waals surface area contributed by atoms with Crippen LogP contribution in [0, 0.1) is 18.7 Å². The number of aromatic nitrogens is 1. The molecule has 2 N–H and O–H groups in total. The number of nitrogens with two attached hydrogens (primary N) is 1. The highest BCUT2D eigenvalue weighted by Gasteiger charge is 2.30. The first-order chi connectivity index (χ1) is 11.5. The van der Waals surface area contributed by atoms with Gasteiger partial charge in [-0.15, -0.1) is 0 Å². The van der Waals surface area contributed by atoms with Gasteiger partial charge in [0.25, 0.3) is 5.91 Å². The first-order valence-electron chi connectivity index (χ1n) is 7.93. The average Bonchev–Trinajstić information content (AvgIpc) is 2.95. The maximum absolute atomic E-state index is 14.2. The van der Waals surface area contributed by atoms with Crippen molar-refractivity contribution in [3.63, 3.8) is 0 Å². The number of halogens is 2. The van der Waals surface area contributed by atoms with E-state index in [1.165, 1.54) is 12.1 Å². The van der Waals surface area contributed by atoms with Crippen LogP contribution in [-0.2, 0) is 0 Å². The lowest BCUT2D eigenvalue weighted by atomic mass is 9.96. The van der Waals surface area contributed by atoms with Crippen LogP contribution in [0.3, 0.4) is 0 Å². The highest BCUT2D eigenvalue weighted by Crippen LogP contribution is 2.34. The van der Waals surface area contributed by atoms with E-state index in [1.54, 1.807) is 17.9 Å². The van der Waals surface area contributed by atoms with Crippen LogP contribution in [0.15, 0.2) is 22.7 Å². The van der Waals surface area contributed by atoms with Gasteiger partial charge < -0.3 is 15.2 Å². The van der Waals surface area contributed by atoms with Crippen LogP contribution in [0.2, 0.25) is 5.02 Å². The summed E-state index contributed by atoms with van der Waals surface area (Å²) in [5.41, 5.74) is 6.21. The predicted octanol–water partition coefficient (Wildman–Crippen LogP) is 3.25. The lowest BCUT2D eigenvalue weighted by Gasteiger charge is -2.31. The molecule has 1 aliphatic heterocycles. The molecular weight excluding hydrogens is 333 g/mol. The van der Waals surface area contributed by atoms with Crippen LogP contribution in [0.25, 0.3) is 11.3 Å². The summed E-state index contributed by atoms with van der Waals surface area (Å²) in [6, 6.07) is 4.35. The Kier molecular flexibility index (Phi) is 4.87. The number of carbonyl (C=O) groups is 1. The van der Waals surface area contributed by atoms with E-state index in [2.05, 4.69) is 5.16 Å². The second-order valence-electron chi connectivity index (χ2n) is 6.03. The second kappa shape index (κ2) is 6.91. The van der Waals surface area contributed by atoms with E-state index in [4.69, 9.17) is 21.9 Å². The van der Waals surface area contributed by atoms with Crippen LogP contribution in [-0.4, -0.2) is 35.6 Å². The molecule has 128 valence electrons. The fourth-order valence-corrected chi connectivity index (χ4v) is 3.30. The average molecular weight is 352 g/mol. The minimum Gasteiger partial charge on any atom is -0.360 e. The van der Waals surface area contributed by atoms with Gasteiger partial charge in [-0.25, -0.2) is 4.39 Å². The van der Waals surface area contributed by atoms with Crippen LogP contribution >= 0.6 is 11.6 Å². The minimum atomic E-state index is -0.535. The molecule has 0 unspecified atom stereocenters. The van der Waals surface area contributed by atoms with Crippen molar-refractivity contribution < 1.29 is 13.7 Å². The minimum absolute atomic E-state index is 0.0937. The maximum atomic E-state index is 14.2. The molecule has 0 bridgehead atoms. The van der Waals surface area contributed by atoms with Gasteiger partial charge in [0.2, 0.25) is 0 Å². The molecule has 3 rings (SSSR count). The molecule has 5 nitrogen and oxygen atoms in total. The summed E-state index contributed by atoms with van der Waals surface area (Å²) >= 11 is 6.11. The summed E-state index contributed by atoms with van der Waals surface area (Å²) in [5.74, 6) is 0.0543. The molecule has 1 aromatic heterocycles. The standard InChI is InChI=1S/C17H19ClFN3O2/c1-10-14(17(23)22-7-5-11(9-20)6-8-22)16(21-24-10)15-12(18)3-2-4-13(15)19/h2-4,11H,5-9,20H2,1H3. The summed E-state index contributed by atoms with van der Waals surface area (Å²) in [4.78, 5) is 14.7. The lowest BCUT2D eigenvalue weighted by molar-refractivity contribution is 0.0692. The first kappa shape index (κ1) is 16.9. The number of rotatable bonds is 3. The topological polar surface area (TPSA) is 72.4 Å². The smallest absolute Gasteiger partial charge is 0.259 e. The van der Waals surface area contributed by atoms with Crippen LogP contribution < -0.4 is 5.73 Å². The van der Waals surface area contributed by atoms with Gasteiger partial charge in [-0.1, -0.05) is 22.8 Å². The molecule has 0 aliphatic carbocycles. The summed E-state index contributed by atoms with van der Waals surface area (Å²) in [7, 11) is 0. The van der Waals surface area contributed by atoms with E-state index in [1.807, 2.05) is 0 Å². The predicted molar refractivity (Wildman–Crippen MR) is 89.3 cm³/mol. The number of hydrogen-bond donors (Lipinski definition) is 1. The molecule has 1 saturated heterocycles. The molecule has 7 heteroatoms. The molecule has 0 radical (unpaired) electrons. The SMILES string of the molecule is Cc1onc(-c2c(F)cccc2Cl)c1C(=O)N1CCC(CN)CC1. The number of hydrogen-bond acceptors (Lipinski definition) is 4. The highest BCUT2D eigenvalue weighted by molar-refractivity contribution is 6.33. The van der Waals surface area contributed by atoms with Crippen molar-refractivity contribution in [2.24, 2.45) is 11.7 Å². The highest BCUT2D eigenvalue weighted by atomic mass is 35.5. The molecule has 0 saturated carbocycles. The van der Waals surface area contributed by atoms with Gasteiger partial charge in [-0.05, 0) is 44.4 Å². The zero-order chi connectivity index (χ0) is 17.3. The summed E-state index contributed by atoms with van der Waals surface area (Å²) in [6.45, 7) is 3.51. The van der Waals surface area contributed by atoms with E-state index in [0.29, 0.717) is 31.3 Å². The molecule has 24 heavy (non-hydrogen) atoms. The molecule has 1 aliphatic rings. The van der Waals surface area contributed by atoms with Crippen LogP contribution in [0.1, 0.15) is 29.0 Å². The van der Waals surface area contributed by atoms with Gasteiger partial charge in [0.1, 0.15) is 22.8 Å². The first-order valence-corrected chi connectivity index (χ1v) is 8.30. The molecule has 1 aromatic carbocycles. The Morgan fingerprint density at radius 3 is 2.79 bits per heavy atom. The van der Waals surface area contributed by atoms with Gasteiger partial charge >= 0.3 is 0 Å². The lowest BCUT2D eigenvalue weighted by Crippen LogP contribution is -2.40. The van der Waals surface area contributed by atoms with Crippen molar-refractivity contribution in [2.45, 2.75) is 19.8 Å². The quantitative estimate of drug-likeness (QED) is 0.921. The monoisotopic (exact) mass is 351 g/mol. The Morgan fingerprint density at radius 1 is 1.46 bits per heavy atom. The van der Waals surface area contributed by atoms with Crippen molar-refractivity contribution in [3.8, 4) is 11.3 Å². The zero-order valence-corrected chi connectivity index (χ0v) is 14.1. The van der Waals surface area contributed by atoms with Crippen LogP contribution in [0.5, 0.6) is 0 Å². The molecule has 1 amide bonds. The van der Waals surface area contributed by atoms with Crippen LogP contribution in [0.4, 0.5) is 4.39 Å². The molecule has 2 heterocycles. The second-order valence-corrected chi connectivity index (χ2v) is 6.44. The van der Waals surface area contributed by atoms with Gasteiger partial charge in [-0.3, -0.25) is 4.79 Å². The number of carbonyl (C=O) groups excluding carboxylic acids is 1. The van der Waals surface area contributed by atoms with Crippen molar-refractivity contribution >= 4 is 17.5 Å². The van der Waals surface area contributed by atoms with Crippen molar-refractivity contribution in [1.82, 2.24) is 10.1 Å². The number of amides is 1. The Hall–Kier alpha value is -1.92. The van der Waals surface area contributed by atoms with Crippen molar-refractivity contribution in [2.75, 3.05) is 19.6 Å². The van der Waals surface area contributed by atoms with Gasteiger partial charge in [0.05, 0.1) is 10.6 Å². The van der Waals surface area contributed by atoms with Gasteiger partial charge in [-0.2, -0.15) is 0 Å². The number of benzene rings is 1. The Labute approximate surface area is 144 Å². The normalized spacial score (nSPS) is 15.8. The van der Waals surface area contributed by atoms with E-state index >= 15 is 0 Å². The van der Waals surface area contributed by atoms with Gasteiger partial charge in [0, 0.05) is 13.1 Å². The Bertz CT molecular complexity index is 734. The molecule has 2 aromatic rings. The zero-order valence-electron chi connectivity index (χ0n) is 13.4. The Balaban J connectivity index is 1.95. The van der Waals surface area contributed by atoms with E-state index in [-0.39, 0.29) is 27.8 Å². The summed E-state index contributed by atoms with van der Waals surface area (Å²) < 4.78 is 19.4. The summed E-state index contributed by atoms with van der Waals surface area (Å²) in [6.07, 6.45) is 1.73. The van der Waals surface area contributed by atoms with Crippen molar-refractivity contribution in [3.05, 3.63) is 40.4 Å². The third-order valence-corrected chi connectivity index (χ3v) is 4.83. The number of likely N-dealkylation sites (tertiary alicyclic amines) is 1. The molecule has 0 atom stereocenters. The molecule has 1 fully saturated rings. The number of aryl methyl sites for hydroxylation is 1. The fraction of sp³-hybridized carbons (Fsp3) is 0.412. The van der Waals surface area contributed by atoms with E-state index < -0.39 is 5.82 Å². The summed E-state index contributed by atoms with van der Waals surface area (Å²) in [5, 5.41) is 4.08. The fourth-order valence-electron chi connectivity index (χ4n) is 3.05. The van der Waals surface area contributed by atoms with E-state index in [9.17, 15) is 9.18 Å². The molecular formula is C17H19ClFN3O2. The molecule has 0 spiro atoms. The largest absolute Gasteiger partial charge is 0.360 e. The number of nitrogens with zero attached hydrogens (tertiary/aromatic N) is 2. The van der Waals surface area contributed by atoms with E-state index in [0.717, 1.165) is 12.8 Å². The van der Waals surface area contributed by atoms with Crippen molar-refractivity contribution in [1.29, 1.82) is 0 Å². The maximum Gasteiger partial charge on any atom is 0.259 e. The number of piperidine rings is 1. The third-order valence-electron chi connectivity index (χ3n) is 4.51.